The Labute approximate surface area is 104 Å². The SMILES string of the molecule is OC(CN1CCCC2CCCC21)C1CCOC1. The first kappa shape index (κ1) is 11.9. The molecule has 0 aromatic rings. The van der Waals surface area contributed by atoms with Crippen molar-refractivity contribution in [1.82, 2.24) is 4.90 Å². The number of ether oxygens (including phenoxy) is 1. The first-order valence-corrected chi connectivity index (χ1v) is 7.34. The van der Waals surface area contributed by atoms with E-state index in [2.05, 4.69) is 4.90 Å². The molecule has 0 spiro atoms. The van der Waals surface area contributed by atoms with Crippen molar-refractivity contribution in [2.75, 3.05) is 26.3 Å². The van der Waals surface area contributed by atoms with Gasteiger partial charge in [-0.1, -0.05) is 6.42 Å². The molecule has 1 aliphatic carbocycles. The summed E-state index contributed by atoms with van der Waals surface area (Å²) in [7, 11) is 0. The van der Waals surface area contributed by atoms with E-state index >= 15 is 0 Å². The Morgan fingerprint density at radius 3 is 2.88 bits per heavy atom. The molecule has 3 rings (SSSR count). The molecule has 0 amide bonds. The van der Waals surface area contributed by atoms with Crippen molar-refractivity contribution in [3.8, 4) is 0 Å². The van der Waals surface area contributed by atoms with Crippen LogP contribution in [0, 0.1) is 11.8 Å². The van der Waals surface area contributed by atoms with Gasteiger partial charge >= 0.3 is 0 Å². The van der Waals surface area contributed by atoms with E-state index in [1.54, 1.807) is 0 Å². The summed E-state index contributed by atoms with van der Waals surface area (Å²) in [6.45, 7) is 3.69. The maximum atomic E-state index is 10.3. The molecular weight excluding hydrogens is 214 g/mol. The zero-order valence-corrected chi connectivity index (χ0v) is 10.7. The second-order valence-electron chi connectivity index (χ2n) is 6.09. The number of aliphatic hydroxyl groups excluding tert-OH is 1. The summed E-state index contributed by atoms with van der Waals surface area (Å²) >= 11 is 0. The average molecular weight is 239 g/mol. The number of rotatable bonds is 3. The van der Waals surface area contributed by atoms with Gasteiger partial charge in [0.05, 0.1) is 12.7 Å². The van der Waals surface area contributed by atoms with Crippen molar-refractivity contribution in [1.29, 1.82) is 0 Å². The van der Waals surface area contributed by atoms with Crippen LogP contribution >= 0.6 is 0 Å². The molecular formula is C14H25NO2. The molecule has 3 fully saturated rings. The number of fused-ring (bicyclic) bond motifs is 1. The molecule has 3 aliphatic rings. The van der Waals surface area contributed by atoms with Crippen LogP contribution < -0.4 is 0 Å². The Morgan fingerprint density at radius 1 is 1.18 bits per heavy atom. The third-order valence-corrected chi connectivity index (χ3v) is 5.04. The number of likely N-dealkylation sites (tertiary alicyclic amines) is 1. The highest BCUT2D eigenvalue weighted by Crippen LogP contribution is 2.37. The largest absolute Gasteiger partial charge is 0.391 e. The molecule has 2 aliphatic heterocycles. The second kappa shape index (κ2) is 5.25. The number of piperidine rings is 1. The van der Waals surface area contributed by atoms with Gasteiger partial charge in [0.2, 0.25) is 0 Å². The number of hydrogen-bond donors (Lipinski definition) is 1. The number of hydrogen-bond acceptors (Lipinski definition) is 3. The lowest BCUT2D eigenvalue weighted by molar-refractivity contribution is 0.0199. The molecule has 0 bridgehead atoms. The highest BCUT2D eigenvalue weighted by atomic mass is 16.5. The second-order valence-corrected chi connectivity index (χ2v) is 6.09. The van der Waals surface area contributed by atoms with Gasteiger partial charge in [-0.3, -0.25) is 4.90 Å². The number of aliphatic hydroxyl groups is 1. The quantitative estimate of drug-likeness (QED) is 0.813. The van der Waals surface area contributed by atoms with Gasteiger partial charge in [0.25, 0.3) is 0 Å². The fourth-order valence-corrected chi connectivity index (χ4v) is 4.03. The van der Waals surface area contributed by atoms with Crippen LogP contribution in [0.15, 0.2) is 0 Å². The Bertz CT molecular complexity index is 253. The number of nitrogens with zero attached hydrogens (tertiary/aromatic N) is 1. The maximum absolute atomic E-state index is 10.3. The third-order valence-electron chi connectivity index (χ3n) is 5.04. The zero-order chi connectivity index (χ0) is 11.7. The predicted molar refractivity (Wildman–Crippen MR) is 66.9 cm³/mol. The number of β-amino-alcohol motifs (C(OH)–C–C–N with tert-alkyl or cyclic N) is 1. The van der Waals surface area contributed by atoms with Gasteiger partial charge in [-0.2, -0.15) is 0 Å². The maximum Gasteiger partial charge on any atom is 0.0718 e. The zero-order valence-electron chi connectivity index (χ0n) is 10.7. The molecule has 0 aromatic heterocycles. The van der Waals surface area contributed by atoms with Crippen LogP contribution in [-0.2, 0) is 4.74 Å². The lowest BCUT2D eigenvalue weighted by Crippen LogP contribution is -2.47. The third kappa shape index (κ3) is 2.51. The fourth-order valence-electron chi connectivity index (χ4n) is 4.03. The molecule has 3 heteroatoms. The summed E-state index contributed by atoms with van der Waals surface area (Å²) in [5.74, 6) is 1.31. The molecule has 2 saturated heterocycles. The first-order valence-electron chi connectivity index (χ1n) is 7.34. The van der Waals surface area contributed by atoms with Crippen molar-refractivity contribution >= 4 is 0 Å². The van der Waals surface area contributed by atoms with Crippen molar-refractivity contribution in [3.63, 3.8) is 0 Å². The van der Waals surface area contributed by atoms with Gasteiger partial charge in [-0.15, -0.1) is 0 Å². The normalized spacial score (nSPS) is 40.4. The lowest BCUT2D eigenvalue weighted by atomic mass is 9.91. The van der Waals surface area contributed by atoms with Crippen LogP contribution in [0.3, 0.4) is 0 Å². The summed E-state index contributed by atoms with van der Waals surface area (Å²) in [4.78, 5) is 2.57. The summed E-state index contributed by atoms with van der Waals surface area (Å²) in [6, 6.07) is 0.778. The van der Waals surface area contributed by atoms with E-state index in [-0.39, 0.29) is 6.10 Å². The van der Waals surface area contributed by atoms with Crippen LogP contribution in [0.4, 0.5) is 0 Å². The molecule has 4 atom stereocenters. The van der Waals surface area contributed by atoms with E-state index in [1.165, 1.54) is 38.6 Å². The van der Waals surface area contributed by atoms with Crippen LogP contribution in [0.5, 0.6) is 0 Å². The van der Waals surface area contributed by atoms with E-state index in [4.69, 9.17) is 4.74 Å². The van der Waals surface area contributed by atoms with Crippen LogP contribution in [0.25, 0.3) is 0 Å². The van der Waals surface area contributed by atoms with E-state index in [1.807, 2.05) is 0 Å². The first-order chi connectivity index (χ1) is 8.34. The van der Waals surface area contributed by atoms with E-state index in [9.17, 15) is 5.11 Å². The van der Waals surface area contributed by atoms with E-state index in [0.717, 1.165) is 38.1 Å². The monoisotopic (exact) mass is 239 g/mol. The topological polar surface area (TPSA) is 32.7 Å². The molecule has 98 valence electrons. The lowest BCUT2D eigenvalue weighted by Gasteiger charge is -2.39. The Kier molecular flexibility index (Phi) is 3.69. The molecule has 2 heterocycles. The van der Waals surface area contributed by atoms with Gasteiger partial charge < -0.3 is 9.84 Å². The van der Waals surface area contributed by atoms with Crippen molar-refractivity contribution < 1.29 is 9.84 Å². The average Bonchev–Trinajstić information content (AvgIpc) is 3.00. The summed E-state index contributed by atoms with van der Waals surface area (Å²) in [6.07, 6.45) is 7.80. The molecule has 1 N–H and O–H groups in total. The summed E-state index contributed by atoms with van der Waals surface area (Å²) < 4.78 is 5.38. The van der Waals surface area contributed by atoms with Crippen LogP contribution in [-0.4, -0.2) is 48.5 Å². The predicted octanol–water partition coefficient (Wildman–Crippen LogP) is 1.65. The minimum atomic E-state index is -0.170. The molecule has 4 unspecified atom stereocenters. The highest BCUT2D eigenvalue weighted by Gasteiger charge is 2.36. The Hall–Kier alpha value is -0.120. The molecule has 3 nitrogen and oxygen atoms in total. The minimum Gasteiger partial charge on any atom is -0.391 e. The fraction of sp³-hybridized carbons (Fsp3) is 1.00. The van der Waals surface area contributed by atoms with Crippen molar-refractivity contribution in [2.24, 2.45) is 11.8 Å². The summed E-state index contributed by atoms with van der Waals surface area (Å²) in [5.41, 5.74) is 0. The minimum absolute atomic E-state index is 0.170. The van der Waals surface area contributed by atoms with Gasteiger partial charge in [-0.05, 0) is 44.6 Å². The Balaban J connectivity index is 1.56. The van der Waals surface area contributed by atoms with Gasteiger partial charge in [0, 0.05) is 25.1 Å². The molecule has 0 radical (unpaired) electrons. The molecule has 0 aromatic carbocycles. The smallest absolute Gasteiger partial charge is 0.0718 e. The highest BCUT2D eigenvalue weighted by molar-refractivity contribution is 4.90. The van der Waals surface area contributed by atoms with Crippen LogP contribution in [0.1, 0.15) is 38.5 Å². The van der Waals surface area contributed by atoms with Gasteiger partial charge in [0.15, 0.2) is 0 Å². The molecule has 17 heavy (non-hydrogen) atoms. The standard InChI is InChI=1S/C14H25NO2/c16-14(12-6-8-17-10-12)9-15-7-2-4-11-3-1-5-13(11)15/h11-14,16H,1-10H2. The Morgan fingerprint density at radius 2 is 2.06 bits per heavy atom. The van der Waals surface area contributed by atoms with Gasteiger partial charge in [0.1, 0.15) is 0 Å². The molecule has 1 saturated carbocycles. The van der Waals surface area contributed by atoms with Gasteiger partial charge in [-0.25, -0.2) is 0 Å². The van der Waals surface area contributed by atoms with Crippen molar-refractivity contribution in [3.05, 3.63) is 0 Å². The van der Waals surface area contributed by atoms with Crippen molar-refractivity contribution in [2.45, 2.75) is 50.7 Å². The van der Waals surface area contributed by atoms with E-state index < -0.39 is 0 Å². The summed E-state index contributed by atoms with van der Waals surface area (Å²) in [5, 5.41) is 10.3. The van der Waals surface area contributed by atoms with Crippen LogP contribution in [0.2, 0.25) is 0 Å². The van der Waals surface area contributed by atoms with E-state index in [0.29, 0.717) is 5.92 Å².